The minimum atomic E-state index is 0.578. The molecule has 2 nitrogen and oxygen atoms in total. The van der Waals surface area contributed by atoms with E-state index in [0.717, 1.165) is 18.4 Å². The van der Waals surface area contributed by atoms with Crippen molar-refractivity contribution in [2.75, 3.05) is 0 Å². The minimum absolute atomic E-state index is 0.578. The number of aryl methyl sites for hydroxylation is 2. The van der Waals surface area contributed by atoms with E-state index in [4.69, 9.17) is 0 Å². The number of hydrogen-bond acceptors (Lipinski definition) is 2. The molecule has 0 bridgehead atoms. The summed E-state index contributed by atoms with van der Waals surface area (Å²) in [5.74, 6) is 0. The maximum absolute atomic E-state index is 10.3. The smallest absolute Gasteiger partial charge is 0.111 e. The molecule has 0 aliphatic carbocycles. The zero-order valence-corrected chi connectivity index (χ0v) is 7.50. The van der Waals surface area contributed by atoms with Crippen molar-refractivity contribution in [1.29, 1.82) is 0 Å². The number of nitrogens with zero attached hydrogens (tertiary/aromatic N) is 1. The maximum atomic E-state index is 10.3. The molecule has 0 radical (unpaired) electrons. The molecule has 0 fully saturated rings. The van der Waals surface area contributed by atoms with Crippen molar-refractivity contribution in [2.45, 2.75) is 26.7 Å². The van der Waals surface area contributed by atoms with Crippen molar-refractivity contribution in [3.8, 4) is 0 Å². The average Bonchev–Trinajstić information content (AvgIpc) is 2.16. The van der Waals surface area contributed by atoms with Crippen LogP contribution in [0.4, 0.5) is 5.69 Å². The van der Waals surface area contributed by atoms with E-state index in [1.165, 1.54) is 5.56 Å². The first-order chi connectivity index (χ1) is 5.81. The molecular weight excluding hydrogens is 150 g/mol. The number of nitroso groups, excluding NO2 is 1. The summed E-state index contributed by atoms with van der Waals surface area (Å²) in [6.45, 7) is 4.13. The Kier molecular flexibility index (Phi) is 2.97. The van der Waals surface area contributed by atoms with Gasteiger partial charge < -0.3 is 0 Å². The van der Waals surface area contributed by atoms with Crippen LogP contribution >= 0.6 is 0 Å². The van der Waals surface area contributed by atoms with Gasteiger partial charge in [-0.2, -0.15) is 0 Å². The molecular formula is C10H13NO. The molecule has 64 valence electrons. The zero-order valence-electron chi connectivity index (χ0n) is 7.50. The molecule has 1 aromatic carbocycles. The van der Waals surface area contributed by atoms with Crippen LogP contribution in [0.15, 0.2) is 23.4 Å². The second kappa shape index (κ2) is 4.00. The van der Waals surface area contributed by atoms with Gasteiger partial charge in [0, 0.05) is 0 Å². The monoisotopic (exact) mass is 163 g/mol. The van der Waals surface area contributed by atoms with E-state index >= 15 is 0 Å². The lowest BCUT2D eigenvalue weighted by Crippen LogP contribution is -1.85. The highest BCUT2D eigenvalue weighted by atomic mass is 16.3. The van der Waals surface area contributed by atoms with Gasteiger partial charge in [0.15, 0.2) is 0 Å². The van der Waals surface area contributed by atoms with Crippen molar-refractivity contribution >= 4 is 5.69 Å². The van der Waals surface area contributed by atoms with Gasteiger partial charge in [-0.15, -0.1) is 4.91 Å². The van der Waals surface area contributed by atoms with Gasteiger partial charge in [-0.1, -0.05) is 26.0 Å². The third-order valence-electron chi connectivity index (χ3n) is 2.03. The second-order valence-electron chi connectivity index (χ2n) is 2.76. The molecule has 0 aliphatic heterocycles. The Morgan fingerprint density at radius 3 is 2.50 bits per heavy atom. The quantitative estimate of drug-likeness (QED) is 0.629. The zero-order chi connectivity index (χ0) is 8.97. The van der Waals surface area contributed by atoms with E-state index in [-0.39, 0.29) is 0 Å². The largest absolute Gasteiger partial charge is 0.145 e. The van der Waals surface area contributed by atoms with Gasteiger partial charge in [0.25, 0.3) is 0 Å². The Hall–Kier alpha value is -1.18. The van der Waals surface area contributed by atoms with Crippen LogP contribution in [0.2, 0.25) is 0 Å². The van der Waals surface area contributed by atoms with E-state index in [1.807, 2.05) is 13.0 Å². The number of rotatable bonds is 3. The molecule has 12 heavy (non-hydrogen) atoms. The summed E-state index contributed by atoms with van der Waals surface area (Å²) in [5, 5.41) is 2.97. The summed E-state index contributed by atoms with van der Waals surface area (Å²) in [4.78, 5) is 10.3. The normalized spacial score (nSPS) is 9.83. The molecule has 0 aliphatic rings. The predicted molar refractivity (Wildman–Crippen MR) is 50.7 cm³/mol. The van der Waals surface area contributed by atoms with Crippen LogP contribution in [-0.2, 0) is 12.8 Å². The predicted octanol–water partition coefficient (Wildman–Crippen LogP) is 3.21. The van der Waals surface area contributed by atoms with Gasteiger partial charge in [-0.05, 0) is 35.2 Å². The van der Waals surface area contributed by atoms with Crippen LogP contribution < -0.4 is 0 Å². The third kappa shape index (κ3) is 1.70. The fraction of sp³-hybridized carbons (Fsp3) is 0.400. The summed E-state index contributed by atoms with van der Waals surface area (Å²) < 4.78 is 0. The molecule has 0 N–H and O–H groups in total. The summed E-state index contributed by atoms with van der Waals surface area (Å²) in [6.07, 6.45) is 1.88. The Balaban J connectivity index is 3.10. The van der Waals surface area contributed by atoms with Crippen molar-refractivity contribution in [1.82, 2.24) is 0 Å². The van der Waals surface area contributed by atoms with Gasteiger partial charge in [-0.25, -0.2) is 0 Å². The Labute approximate surface area is 72.6 Å². The molecule has 0 aromatic heterocycles. The summed E-state index contributed by atoms with van der Waals surface area (Å²) in [5.41, 5.74) is 2.89. The minimum Gasteiger partial charge on any atom is -0.145 e. The van der Waals surface area contributed by atoms with Gasteiger partial charge in [0.2, 0.25) is 0 Å². The Bertz CT molecular complexity index is 281. The van der Waals surface area contributed by atoms with Crippen molar-refractivity contribution in [3.05, 3.63) is 34.2 Å². The second-order valence-corrected chi connectivity index (χ2v) is 2.76. The van der Waals surface area contributed by atoms with E-state index in [1.54, 1.807) is 6.07 Å². The highest BCUT2D eigenvalue weighted by molar-refractivity contribution is 5.47. The van der Waals surface area contributed by atoms with Crippen molar-refractivity contribution in [2.24, 2.45) is 5.18 Å². The SMILES string of the molecule is CCc1ccc(N=O)c(CC)c1. The molecule has 0 unspecified atom stereocenters. The topological polar surface area (TPSA) is 29.4 Å². The first-order valence-electron chi connectivity index (χ1n) is 4.27. The van der Waals surface area contributed by atoms with Gasteiger partial charge in [-0.3, -0.25) is 0 Å². The number of hydrogen-bond donors (Lipinski definition) is 0. The summed E-state index contributed by atoms with van der Waals surface area (Å²) in [6, 6.07) is 5.80. The molecule has 0 saturated heterocycles. The Morgan fingerprint density at radius 1 is 1.25 bits per heavy atom. The fourth-order valence-electron chi connectivity index (χ4n) is 1.23. The fourth-order valence-corrected chi connectivity index (χ4v) is 1.23. The Morgan fingerprint density at radius 2 is 2.00 bits per heavy atom. The average molecular weight is 163 g/mol. The first-order valence-corrected chi connectivity index (χ1v) is 4.27. The van der Waals surface area contributed by atoms with Gasteiger partial charge >= 0.3 is 0 Å². The molecule has 1 aromatic rings. The summed E-state index contributed by atoms with van der Waals surface area (Å²) >= 11 is 0. The molecule has 0 amide bonds. The third-order valence-corrected chi connectivity index (χ3v) is 2.03. The van der Waals surface area contributed by atoms with Crippen LogP contribution in [0.3, 0.4) is 0 Å². The van der Waals surface area contributed by atoms with Gasteiger partial charge in [0.05, 0.1) is 0 Å². The maximum Gasteiger partial charge on any atom is 0.111 e. The van der Waals surface area contributed by atoms with E-state index in [2.05, 4.69) is 18.2 Å². The van der Waals surface area contributed by atoms with E-state index in [0.29, 0.717) is 5.69 Å². The van der Waals surface area contributed by atoms with E-state index < -0.39 is 0 Å². The lowest BCUT2D eigenvalue weighted by atomic mass is 10.1. The first kappa shape index (κ1) is 8.91. The molecule has 2 heteroatoms. The van der Waals surface area contributed by atoms with E-state index in [9.17, 15) is 4.91 Å². The lowest BCUT2D eigenvalue weighted by Gasteiger charge is -2.02. The standard InChI is InChI=1S/C10H13NO/c1-3-8-5-6-10(11-12)9(4-2)7-8/h5-7H,3-4H2,1-2H3. The number of benzene rings is 1. The molecule has 0 saturated carbocycles. The lowest BCUT2D eigenvalue weighted by molar-refractivity contribution is 1.08. The van der Waals surface area contributed by atoms with Crippen LogP contribution in [0.5, 0.6) is 0 Å². The van der Waals surface area contributed by atoms with Crippen LogP contribution in [0.1, 0.15) is 25.0 Å². The molecule has 0 atom stereocenters. The highest BCUT2D eigenvalue weighted by Crippen LogP contribution is 2.20. The van der Waals surface area contributed by atoms with Crippen molar-refractivity contribution in [3.63, 3.8) is 0 Å². The highest BCUT2D eigenvalue weighted by Gasteiger charge is 2.00. The van der Waals surface area contributed by atoms with Crippen LogP contribution in [0.25, 0.3) is 0 Å². The molecule has 0 spiro atoms. The van der Waals surface area contributed by atoms with Crippen LogP contribution in [0, 0.1) is 4.91 Å². The van der Waals surface area contributed by atoms with Gasteiger partial charge in [0.1, 0.15) is 5.69 Å². The summed E-state index contributed by atoms with van der Waals surface area (Å²) in [7, 11) is 0. The molecule has 0 heterocycles. The van der Waals surface area contributed by atoms with Crippen molar-refractivity contribution < 1.29 is 0 Å². The van der Waals surface area contributed by atoms with Crippen LogP contribution in [-0.4, -0.2) is 0 Å². The molecule has 1 rings (SSSR count).